The highest BCUT2D eigenvalue weighted by Gasteiger charge is 2.47. The number of benzene rings is 1. The van der Waals surface area contributed by atoms with Crippen LogP contribution in [-0.2, 0) is 4.43 Å². The lowest BCUT2D eigenvalue weighted by Gasteiger charge is -2.53. The lowest BCUT2D eigenvalue weighted by molar-refractivity contribution is -0.0398. The van der Waals surface area contributed by atoms with Gasteiger partial charge in [-0.3, -0.25) is 9.88 Å². The van der Waals surface area contributed by atoms with Crippen LogP contribution in [0.15, 0.2) is 43.1 Å². The van der Waals surface area contributed by atoms with Gasteiger partial charge < -0.3 is 9.16 Å². The van der Waals surface area contributed by atoms with E-state index in [1.165, 1.54) is 18.4 Å². The molecule has 3 aliphatic heterocycles. The molecular formula is C26H38N2O2Si. The largest absolute Gasteiger partial charge is 0.497 e. The van der Waals surface area contributed by atoms with Crippen molar-refractivity contribution in [3.63, 3.8) is 0 Å². The van der Waals surface area contributed by atoms with Crippen LogP contribution in [0.5, 0.6) is 5.75 Å². The first-order valence-electron chi connectivity index (χ1n) is 11.6. The quantitative estimate of drug-likeness (QED) is 0.397. The Kier molecular flexibility index (Phi) is 6.05. The van der Waals surface area contributed by atoms with Crippen molar-refractivity contribution in [1.82, 2.24) is 9.88 Å². The normalized spacial score (nSPS) is 27.3. The van der Waals surface area contributed by atoms with E-state index in [0.29, 0.717) is 17.9 Å². The summed E-state index contributed by atoms with van der Waals surface area (Å²) in [7, 11) is -0.271. The second-order valence-electron chi connectivity index (χ2n) is 10.8. The van der Waals surface area contributed by atoms with Gasteiger partial charge in [0.1, 0.15) is 5.75 Å². The van der Waals surface area contributed by atoms with E-state index in [4.69, 9.17) is 9.16 Å². The van der Waals surface area contributed by atoms with Crippen LogP contribution in [0.3, 0.4) is 0 Å². The van der Waals surface area contributed by atoms with Gasteiger partial charge in [-0.2, -0.15) is 0 Å². The van der Waals surface area contributed by atoms with Crippen molar-refractivity contribution in [3.05, 3.63) is 48.7 Å². The zero-order valence-electron chi connectivity index (χ0n) is 20.0. The molecule has 5 rings (SSSR count). The summed E-state index contributed by atoms with van der Waals surface area (Å²) in [6.07, 6.45) is 6.58. The van der Waals surface area contributed by atoms with E-state index in [-0.39, 0.29) is 11.1 Å². The second-order valence-corrected chi connectivity index (χ2v) is 15.6. The van der Waals surface area contributed by atoms with Gasteiger partial charge in [-0.25, -0.2) is 0 Å². The maximum Gasteiger partial charge on any atom is 0.192 e. The molecule has 4 heterocycles. The Hall–Kier alpha value is -1.69. The lowest BCUT2D eigenvalue weighted by Crippen LogP contribution is -2.57. The Labute approximate surface area is 188 Å². The molecule has 2 bridgehead atoms. The highest BCUT2D eigenvalue weighted by Crippen LogP contribution is 2.47. The van der Waals surface area contributed by atoms with Gasteiger partial charge in [0.15, 0.2) is 8.32 Å². The van der Waals surface area contributed by atoms with Crippen molar-refractivity contribution < 1.29 is 9.16 Å². The fraction of sp³-hybridized carbons (Fsp3) is 0.577. The Morgan fingerprint density at radius 3 is 2.65 bits per heavy atom. The molecule has 5 unspecified atom stereocenters. The van der Waals surface area contributed by atoms with Crippen LogP contribution in [0.25, 0.3) is 10.9 Å². The van der Waals surface area contributed by atoms with E-state index in [9.17, 15) is 0 Å². The monoisotopic (exact) mass is 438 g/mol. The molecule has 0 N–H and O–H groups in total. The Morgan fingerprint density at radius 1 is 1.26 bits per heavy atom. The standard InChI is InChI=1S/C26H38N2O2Si/c1-8-18-17-28-14-12-19(18)15-24(28)25(30-31(6,7)26(2,3)4)21-11-13-27-23-10-9-20(29-5)16-22(21)23/h8-11,13,16,18-19,24-25H,1,12,14-15,17H2,2-7H3. The molecule has 0 aliphatic carbocycles. The summed E-state index contributed by atoms with van der Waals surface area (Å²) < 4.78 is 12.8. The summed E-state index contributed by atoms with van der Waals surface area (Å²) in [6, 6.07) is 8.74. The number of hydrogen-bond acceptors (Lipinski definition) is 4. The molecule has 2 aromatic rings. The second kappa shape index (κ2) is 8.34. The summed E-state index contributed by atoms with van der Waals surface area (Å²) in [5, 5.41) is 1.30. The zero-order chi connectivity index (χ0) is 22.4. The van der Waals surface area contributed by atoms with Crippen molar-refractivity contribution in [2.24, 2.45) is 11.8 Å². The van der Waals surface area contributed by atoms with Crippen LogP contribution in [0.4, 0.5) is 0 Å². The minimum atomic E-state index is -2.00. The first-order chi connectivity index (χ1) is 14.6. The zero-order valence-corrected chi connectivity index (χ0v) is 21.0. The van der Waals surface area contributed by atoms with E-state index in [1.807, 2.05) is 12.3 Å². The first-order valence-corrected chi connectivity index (χ1v) is 14.5. The number of piperidine rings is 3. The SMILES string of the molecule is C=CC1CN2CCC1CC2C(O[Si](C)(C)C(C)(C)C)c1ccnc2ccc(OC)cc12. The molecule has 0 radical (unpaired) electrons. The molecule has 0 saturated carbocycles. The molecule has 1 aromatic carbocycles. The predicted molar refractivity (Wildman–Crippen MR) is 131 cm³/mol. The summed E-state index contributed by atoms with van der Waals surface area (Å²) in [6.45, 7) is 18.1. The molecule has 5 heteroatoms. The van der Waals surface area contributed by atoms with E-state index >= 15 is 0 Å². The van der Waals surface area contributed by atoms with E-state index in [2.05, 4.69) is 74.6 Å². The van der Waals surface area contributed by atoms with Crippen LogP contribution in [0.2, 0.25) is 18.1 Å². The van der Waals surface area contributed by atoms with Crippen molar-refractivity contribution in [3.8, 4) is 5.75 Å². The highest BCUT2D eigenvalue weighted by molar-refractivity contribution is 6.74. The van der Waals surface area contributed by atoms with Gasteiger partial charge in [0, 0.05) is 24.2 Å². The first kappa shape index (κ1) is 22.5. The van der Waals surface area contributed by atoms with E-state index in [1.54, 1.807) is 7.11 Å². The number of rotatable bonds is 6. The van der Waals surface area contributed by atoms with Crippen LogP contribution >= 0.6 is 0 Å². The van der Waals surface area contributed by atoms with Crippen LogP contribution in [0.1, 0.15) is 45.3 Å². The molecule has 3 aliphatic rings. The maximum atomic E-state index is 7.23. The predicted octanol–water partition coefficient (Wildman–Crippen LogP) is 6.20. The van der Waals surface area contributed by atoms with Gasteiger partial charge in [0.05, 0.1) is 18.7 Å². The van der Waals surface area contributed by atoms with Gasteiger partial charge in [-0.15, -0.1) is 6.58 Å². The number of nitrogens with zero attached hydrogens (tertiary/aromatic N) is 2. The van der Waals surface area contributed by atoms with Crippen LogP contribution in [0, 0.1) is 11.8 Å². The fourth-order valence-corrected chi connectivity index (χ4v) is 6.33. The van der Waals surface area contributed by atoms with E-state index in [0.717, 1.165) is 29.7 Å². The van der Waals surface area contributed by atoms with Gasteiger partial charge in [0.25, 0.3) is 0 Å². The number of fused-ring (bicyclic) bond motifs is 4. The molecule has 0 spiro atoms. The Morgan fingerprint density at radius 2 is 2.03 bits per heavy atom. The Balaban J connectivity index is 1.81. The van der Waals surface area contributed by atoms with Crippen LogP contribution < -0.4 is 4.74 Å². The summed E-state index contributed by atoms with van der Waals surface area (Å²) >= 11 is 0. The fourth-order valence-electron chi connectivity index (χ4n) is 5.06. The van der Waals surface area contributed by atoms with Crippen molar-refractivity contribution in [2.45, 2.75) is 63.9 Å². The molecule has 3 saturated heterocycles. The van der Waals surface area contributed by atoms with Crippen molar-refractivity contribution in [1.29, 1.82) is 0 Å². The third kappa shape index (κ3) is 4.20. The summed E-state index contributed by atoms with van der Waals surface area (Å²) in [5.41, 5.74) is 2.25. The highest BCUT2D eigenvalue weighted by atomic mass is 28.4. The average molecular weight is 439 g/mol. The number of hydrogen-bond donors (Lipinski definition) is 0. The van der Waals surface area contributed by atoms with Gasteiger partial charge >= 0.3 is 0 Å². The van der Waals surface area contributed by atoms with Crippen molar-refractivity contribution in [2.75, 3.05) is 20.2 Å². The molecule has 0 amide bonds. The average Bonchev–Trinajstić information content (AvgIpc) is 2.76. The number of pyridine rings is 1. The van der Waals surface area contributed by atoms with Crippen molar-refractivity contribution >= 4 is 19.2 Å². The third-order valence-electron chi connectivity index (χ3n) is 8.02. The van der Waals surface area contributed by atoms with E-state index < -0.39 is 8.32 Å². The molecule has 4 nitrogen and oxygen atoms in total. The molecular weight excluding hydrogens is 400 g/mol. The molecule has 1 aromatic heterocycles. The molecule has 5 atom stereocenters. The summed E-state index contributed by atoms with van der Waals surface area (Å²) in [5.74, 6) is 2.18. The molecule has 3 fully saturated rings. The lowest BCUT2D eigenvalue weighted by atomic mass is 9.73. The maximum absolute atomic E-state index is 7.23. The molecule has 168 valence electrons. The Bertz CT molecular complexity index is 952. The minimum absolute atomic E-state index is 0.0343. The third-order valence-corrected chi connectivity index (χ3v) is 12.5. The van der Waals surface area contributed by atoms with Gasteiger partial charge in [0.2, 0.25) is 0 Å². The summed E-state index contributed by atoms with van der Waals surface area (Å²) in [4.78, 5) is 7.30. The molecule has 31 heavy (non-hydrogen) atoms. The van der Waals surface area contributed by atoms with Gasteiger partial charge in [-0.05, 0) is 79.2 Å². The van der Waals surface area contributed by atoms with Gasteiger partial charge in [-0.1, -0.05) is 26.8 Å². The number of ether oxygens (including phenoxy) is 1. The smallest absolute Gasteiger partial charge is 0.192 e. The number of aromatic nitrogens is 1. The number of methoxy groups -OCH3 is 1. The van der Waals surface area contributed by atoms with Crippen LogP contribution in [-0.4, -0.2) is 44.4 Å². The topological polar surface area (TPSA) is 34.6 Å². The minimum Gasteiger partial charge on any atom is -0.497 e.